The molecule has 0 spiro atoms. The van der Waals surface area contributed by atoms with Crippen LogP contribution in [0, 0.1) is 0 Å². The van der Waals surface area contributed by atoms with E-state index in [4.69, 9.17) is 13.8 Å². The minimum atomic E-state index is -4.69. The molecular formula is C61H111N2O7P. The molecule has 0 radical (unpaired) electrons. The second kappa shape index (κ2) is 51.0. The second-order valence-corrected chi connectivity index (χ2v) is 22.2. The van der Waals surface area contributed by atoms with Gasteiger partial charge in [0.15, 0.2) is 0 Å². The number of quaternary nitrogens is 1. The Morgan fingerprint density at radius 3 is 1.35 bits per heavy atom. The molecule has 0 saturated carbocycles. The van der Waals surface area contributed by atoms with Crippen LogP contribution in [0.2, 0.25) is 0 Å². The number of amides is 1. The van der Waals surface area contributed by atoms with Gasteiger partial charge in [-0.25, -0.2) is 0 Å². The third kappa shape index (κ3) is 52.1. The number of phosphoric acid groups is 1. The van der Waals surface area contributed by atoms with Crippen LogP contribution in [-0.4, -0.2) is 69.4 Å². The third-order valence-corrected chi connectivity index (χ3v) is 13.6. The van der Waals surface area contributed by atoms with Gasteiger partial charge in [-0.15, -0.1) is 0 Å². The summed E-state index contributed by atoms with van der Waals surface area (Å²) in [7, 11) is 1.17. The molecule has 0 fully saturated rings. The Kier molecular flexibility index (Phi) is 49.1. The molecule has 3 unspecified atom stereocenters. The summed E-state index contributed by atoms with van der Waals surface area (Å²) in [4.78, 5) is 39.8. The van der Waals surface area contributed by atoms with Crippen molar-refractivity contribution < 1.29 is 37.3 Å². The van der Waals surface area contributed by atoms with Crippen LogP contribution in [0.15, 0.2) is 72.9 Å². The lowest BCUT2D eigenvalue weighted by molar-refractivity contribution is -0.870. The van der Waals surface area contributed by atoms with Crippen LogP contribution in [0.1, 0.15) is 252 Å². The first-order valence-corrected chi connectivity index (χ1v) is 30.7. The van der Waals surface area contributed by atoms with Gasteiger partial charge in [0.2, 0.25) is 5.91 Å². The van der Waals surface area contributed by atoms with Crippen LogP contribution in [-0.2, 0) is 27.9 Å². The highest BCUT2D eigenvalue weighted by molar-refractivity contribution is 7.45. The highest BCUT2D eigenvalue weighted by Gasteiger charge is 2.27. The SMILES string of the molecule is CC/C=C\C/C=C\C/C=C\C/C=C\C/C=C\CCCCCCCCCC(=O)OC(/C=C\CCCCCCCCCCC)C(COP(=O)([O-])OCC[N+](C)(C)C)NC(=O)CCCCCCCCCCCCC. The predicted octanol–water partition coefficient (Wildman–Crippen LogP) is 17.0. The molecular weight excluding hydrogens is 904 g/mol. The quantitative estimate of drug-likeness (QED) is 0.0212. The van der Waals surface area contributed by atoms with Gasteiger partial charge in [-0.3, -0.25) is 14.2 Å². The Bertz CT molecular complexity index is 1450. The molecule has 0 aromatic heterocycles. The summed E-state index contributed by atoms with van der Waals surface area (Å²) >= 11 is 0. The lowest BCUT2D eigenvalue weighted by atomic mass is 10.0. The Hall–Kier alpha value is -2.55. The first-order chi connectivity index (χ1) is 34.4. The van der Waals surface area contributed by atoms with Crippen LogP contribution in [0.25, 0.3) is 0 Å². The van der Waals surface area contributed by atoms with Crippen LogP contribution >= 0.6 is 7.82 Å². The van der Waals surface area contributed by atoms with Gasteiger partial charge >= 0.3 is 5.97 Å². The molecule has 0 rings (SSSR count). The van der Waals surface area contributed by atoms with Gasteiger partial charge in [-0.1, -0.05) is 235 Å². The average Bonchev–Trinajstić information content (AvgIpc) is 3.33. The smallest absolute Gasteiger partial charge is 0.306 e. The summed E-state index contributed by atoms with van der Waals surface area (Å²) in [5, 5.41) is 3.01. The maximum Gasteiger partial charge on any atom is 0.306 e. The van der Waals surface area contributed by atoms with Gasteiger partial charge in [-0.05, 0) is 76.7 Å². The Labute approximate surface area is 438 Å². The first kappa shape index (κ1) is 68.5. The van der Waals surface area contributed by atoms with Gasteiger partial charge in [0.25, 0.3) is 7.82 Å². The molecule has 412 valence electrons. The molecule has 0 saturated heterocycles. The number of phosphoric ester groups is 1. The number of likely N-dealkylation sites (N-methyl/N-ethyl adjacent to an activating group) is 1. The number of hydrogen-bond acceptors (Lipinski definition) is 7. The van der Waals surface area contributed by atoms with Crippen molar-refractivity contribution in [2.24, 2.45) is 0 Å². The van der Waals surface area contributed by atoms with E-state index in [-0.39, 0.29) is 24.9 Å². The van der Waals surface area contributed by atoms with Gasteiger partial charge in [0.1, 0.15) is 19.3 Å². The number of carbonyl (C=O) groups is 2. The highest BCUT2D eigenvalue weighted by atomic mass is 31.2. The van der Waals surface area contributed by atoms with E-state index in [1.807, 2.05) is 33.3 Å². The molecule has 0 aliphatic heterocycles. The van der Waals surface area contributed by atoms with Crippen molar-refractivity contribution >= 4 is 19.7 Å². The molecule has 0 aromatic rings. The zero-order valence-electron chi connectivity index (χ0n) is 46.9. The average molecular weight is 1020 g/mol. The summed E-state index contributed by atoms with van der Waals surface area (Å²) in [6.07, 6.45) is 64.4. The Balaban J connectivity index is 5.19. The van der Waals surface area contributed by atoms with Crippen molar-refractivity contribution in [3.05, 3.63) is 72.9 Å². The van der Waals surface area contributed by atoms with Crippen LogP contribution in [0.3, 0.4) is 0 Å². The normalized spacial score (nSPS) is 14.3. The zero-order valence-corrected chi connectivity index (χ0v) is 47.8. The van der Waals surface area contributed by atoms with E-state index in [1.54, 1.807) is 0 Å². The molecule has 10 heteroatoms. The number of carbonyl (C=O) groups excluding carboxylic acids is 2. The molecule has 9 nitrogen and oxygen atoms in total. The molecule has 0 aliphatic carbocycles. The third-order valence-electron chi connectivity index (χ3n) is 12.7. The molecule has 3 atom stereocenters. The number of esters is 1. The zero-order chi connectivity index (χ0) is 52.2. The second-order valence-electron chi connectivity index (χ2n) is 20.8. The summed E-state index contributed by atoms with van der Waals surface area (Å²) in [6, 6.07) is -0.891. The van der Waals surface area contributed by atoms with Crippen LogP contribution in [0.4, 0.5) is 0 Å². The fourth-order valence-corrected chi connectivity index (χ4v) is 8.86. The fourth-order valence-electron chi connectivity index (χ4n) is 8.14. The topological polar surface area (TPSA) is 114 Å². The predicted molar refractivity (Wildman–Crippen MR) is 302 cm³/mol. The van der Waals surface area contributed by atoms with E-state index in [2.05, 4.69) is 86.8 Å². The van der Waals surface area contributed by atoms with Crippen molar-refractivity contribution in [2.45, 2.75) is 264 Å². The maximum atomic E-state index is 13.4. The van der Waals surface area contributed by atoms with Crippen molar-refractivity contribution in [3.8, 4) is 0 Å². The number of unbranched alkanes of at least 4 members (excludes halogenated alkanes) is 26. The van der Waals surface area contributed by atoms with Gasteiger partial charge in [0, 0.05) is 12.8 Å². The molecule has 0 bridgehead atoms. The van der Waals surface area contributed by atoms with E-state index in [1.165, 1.54) is 116 Å². The molecule has 71 heavy (non-hydrogen) atoms. The van der Waals surface area contributed by atoms with Crippen molar-refractivity contribution in [3.63, 3.8) is 0 Å². The van der Waals surface area contributed by atoms with Crippen molar-refractivity contribution in [1.82, 2.24) is 5.32 Å². The minimum absolute atomic E-state index is 0.0255. The monoisotopic (exact) mass is 1010 g/mol. The standard InChI is InChI=1S/C61H111N2O7P/c1-7-10-13-16-19-22-25-26-27-28-29-30-31-32-33-34-35-36-39-42-45-48-51-54-61(65)70-59(52-49-46-43-40-37-23-20-17-14-11-8-2)58(57-69-71(66,67)68-56-55-63(4,5)6)62-60(64)53-50-47-44-41-38-24-21-18-15-12-9-3/h10,13,19,22,26-27,29-30,32-33,49,52,58-59H,7-9,11-12,14-18,20-21,23-25,28,31,34-48,50-51,53-57H2,1-6H3,(H-,62,64,66,67)/b13-10-,22-19-,27-26-,30-29-,33-32-,52-49-. The number of ether oxygens (including phenoxy) is 1. The van der Waals surface area contributed by atoms with Gasteiger partial charge in [-0.2, -0.15) is 0 Å². The number of nitrogens with zero attached hydrogens (tertiary/aromatic N) is 1. The van der Waals surface area contributed by atoms with E-state index < -0.39 is 26.6 Å². The van der Waals surface area contributed by atoms with Crippen molar-refractivity contribution in [1.29, 1.82) is 0 Å². The molecule has 0 aliphatic rings. The highest BCUT2D eigenvalue weighted by Crippen LogP contribution is 2.38. The van der Waals surface area contributed by atoms with Crippen LogP contribution in [0.5, 0.6) is 0 Å². The Morgan fingerprint density at radius 1 is 0.507 bits per heavy atom. The summed E-state index contributed by atoms with van der Waals surface area (Å²) in [5.74, 6) is -0.554. The molecule has 1 N–H and O–H groups in total. The maximum absolute atomic E-state index is 13.4. The van der Waals surface area contributed by atoms with Crippen molar-refractivity contribution in [2.75, 3.05) is 40.9 Å². The Morgan fingerprint density at radius 2 is 0.901 bits per heavy atom. The molecule has 0 aromatic carbocycles. The summed E-state index contributed by atoms with van der Waals surface area (Å²) < 4.78 is 30.2. The van der Waals surface area contributed by atoms with E-state index in [0.717, 1.165) is 103 Å². The first-order valence-electron chi connectivity index (χ1n) is 29.2. The fraction of sp³-hybridized carbons (Fsp3) is 0.770. The van der Waals surface area contributed by atoms with Gasteiger partial charge in [0.05, 0.1) is 33.8 Å². The van der Waals surface area contributed by atoms with E-state index >= 15 is 0 Å². The lowest BCUT2D eigenvalue weighted by Gasteiger charge is -2.30. The van der Waals surface area contributed by atoms with E-state index in [0.29, 0.717) is 17.4 Å². The molecule has 1 amide bonds. The number of allylic oxidation sites excluding steroid dienone is 11. The summed E-state index contributed by atoms with van der Waals surface area (Å²) in [6.45, 7) is 6.70. The number of nitrogens with one attached hydrogen (secondary N) is 1. The molecule has 0 heterocycles. The minimum Gasteiger partial charge on any atom is -0.756 e. The van der Waals surface area contributed by atoms with Gasteiger partial charge < -0.3 is 28.5 Å². The number of hydrogen-bond donors (Lipinski definition) is 1. The summed E-state index contributed by atoms with van der Waals surface area (Å²) in [5.41, 5.74) is 0. The lowest BCUT2D eigenvalue weighted by Crippen LogP contribution is -2.47. The largest absolute Gasteiger partial charge is 0.756 e. The van der Waals surface area contributed by atoms with Crippen LogP contribution < -0.4 is 10.2 Å². The number of rotatable bonds is 52. The van der Waals surface area contributed by atoms with E-state index in [9.17, 15) is 19.0 Å².